The summed E-state index contributed by atoms with van der Waals surface area (Å²) in [6.45, 7) is 0.607. The summed E-state index contributed by atoms with van der Waals surface area (Å²) in [7, 11) is 0. The highest BCUT2D eigenvalue weighted by Crippen LogP contribution is 2.27. The minimum Gasteiger partial charge on any atom is -0.346 e. The van der Waals surface area contributed by atoms with Crippen LogP contribution in [0.1, 0.15) is 17.4 Å². The molecular formula is C11H10BrNO2. The van der Waals surface area contributed by atoms with Crippen LogP contribution in [0.2, 0.25) is 0 Å². The van der Waals surface area contributed by atoms with Crippen LogP contribution in [0.15, 0.2) is 24.3 Å². The third-order valence-corrected chi connectivity index (χ3v) is 2.96. The summed E-state index contributed by atoms with van der Waals surface area (Å²) >= 11 is 3.35. The molecule has 1 aromatic rings. The molecule has 2 rings (SSSR count). The van der Waals surface area contributed by atoms with Gasteiger partial charge in [-0.15, -0.1) is 0 Å². The zero-order valence-electron chi connectivity index (χ0n) is 8.02. The Morgan fingerprint density at radius 2 is 2.13 bits per heavy atom. The molecule has 15 heavy (non-hydrogen) atoms. The summed E-state index contributed by atoms with van der Waals surface area (Å²) in [6, 6.07) is 9.33. The predicted molar refractivity (Wildman–Crippen MR) is 58.5 cm³/mol. The summed E-state index contributed by atoms with van der Waals surface area (Å²) < 4.78 is 11.1. The van der Waals surface area contributed by atoms with E-state index in [1.165, 1.54) is 0 Å². The van der Waals surface area contributed by atoms with Gasteiger partial charge in [0.1, 0.15) is 0 Å². The van der Waals surface area contributed by atoms with Crippen molar-refractivity contribution in [3.05, 3.63) is 35.4 Å². The number of hydrogen-bond donors (Lipinski definition) is 0. The molecule has 1 aliphatic rings. The third-order valence-electron chi connectivity index (χ3n) is 2.23. The van der Waals surface area contributed by atoms with E-state index in [9.17, 15) is 0 Å². The number of halogens is 1. The normalized spacial score (nSPS) is 25.1. The molecule has 0 aromatic heterocycles. The Balaban J connectivity index is 2.08. The van der Waals surface area contributed by atoms with Crippen molar-refractivity contribution in [2.75, 3.05) is 11.9 Å². The summed E-state index contributed by atoms with van der Waals surface area (Å²) in [5.74, 6) is 0. The second kappa shape index (κ2) is 4.75. The van der Waals surface area contributed by atoms with Crippen LogP contribution in [0.3, 0.4) is 0 Å². The molecule has 0 saturated carbocycles. The Morgan fingerprint density at radius 3 is 2.67 bits per heavy atom. The Kier molecular flexibility index (Phi) is 3.37. The van der Waals surface area contributed by atoms with E-state index in [0.29, 0.717) is 12.2 Å². The van der Waals surface area contributed by atoms with Gasteiger partial charge in [-0.1, -0.05) is 28.1 Å². The Morgan fingerprint density at radius 1 is 1.40 bits per heavy atom. The molecule has 4 heteroatoms. The van der Waals surface area contributed by atoms with Crippen molar-refractivity contribution in [3.8, 4) is 6.07 Å². The number of ether oxygens (including phenoxy) is 2. The van der Waals surface area contributed by atoms with E-state index >= 15 is 0 Å². The highest BCUT2D eigenvalue weighted by atomic mass is 79.9. The number of nitrogens with zero attached hydrogens (tertiary/aromatic N) is 1. The quantitative estimate of drug-likeness (QED) is 0.773. The van der Waals surface area contributed by atoms with Gasteiger partial charge in [-0.3, -0.25) is 0 Å². The number of benzene rings is 1. The summed E-state index contributed by atoms with van der Waals surface area (Å²) in [5.41, 5.74) is 1.60. The molecule has 1 aliphatic heterocycles. The highest BCUT2D eigenvalue weighted by molar-refractivity contribution is 9.09. The molecule has 1 aromatic carbocycles. The lowest BCUT2D eigenvalue weighted by Gasteiger charge is -2.10. The fourth-order valence-electron chi connectivity index (χ4n) is 1.42. The van der Waals surface area contributed by atoms with Crippen LogP contribution >= 0.6 is 15.9 Å². The van der Waals surface area contributed by atoms with Crippen molar-refractivity contribution in [2.24, 2.45) is 0 Å². The maximum absolute atomic E-state index is 8.66. The maximum atomic E-state index is 8.66. The first kappa shape index (κ1) is 10.6. The number of hydrogen-bond acceptors (Lipinski definition) is 3. The van der Waals surface area contributed by atoms with Crippen molar-refractivity contribution >= 4 is 15.9 Å². The topological polar surface area (TPSA) is 42.2 Å². The number of rotatable bonds is 2. The third kappa shape index (κ3) is 2.37. The number of nitriles is 1. The molecule has 1 saturated heterocycles. The summed E-state index contributed by atoms with van der Waals surface area (Å²) in [6.07, 6.45) is -0.175. The maximum Gasteiger partial charge on any atom is 0.184 e. The van der Waals surface area contributed by atoms with Crippen molar-refractivity contribution < 1.29 is 9.47 Å². The Bertz CT molecular complexity index is 371. The SMILES string of the molecule is N#Cc1ccc(C2OCC(CBr)O2)cc1. The number of alkyl halides is 1. The predicted octanol–water partition coefficient (Wildman–Crippen LogP) is 2.37. The van der Waals surface area contributed by atoms with Crippen LogP contribution in [0.4, 0.5) is 0 Å². The van der Waals surface area contributed by atoms with Crippen LogP contribution in [0.25, 0.3) is 0 Å². The van der Waals surface area contributed by atoms with E-state index in [1.54, 1.807) is 12.1 Å². The lowest BCUT2D eigenvalue weighted by molar-refractivity contribution is -0.0563. The zero-order chi connectivity index (χ0) is 10.7. The van der Waals surface area contributed by atoms with E-state index in [2.05, 4.69) is 22.0 Å². The lowest BCUT2D eigenvalue weighted by atomic mass is 10.1. The van der Waals surface area contributed by atoms with Gasteiger partial charge in [0, 0.05) is 10.9 Å². The molecule has 0 radical (unpaired) electrons. The Hall–Kier alpha value is -0.890. The molecule has 1 fully saturated rings. The molecule has 3 nitrogen and oxygen atoms in total. The minimum atomic E-state index is -0.291. The largest absolute Gasteiger partial charge is 0.346 e. The van der Waals surface area contributed by atoms with Gasteiger partial charge in [0.2, 0.25) is 0 Å². The van der Waals surface area contributed by atoms with Crippen molar-refractivity contribution in [1.82, 2.24) is 0 Å². The molecule has 0 spiro atoms. The van der Waals surface area contributed by atoms with E-state index in [-0.39, 0.29) is 12.4 Å². The van der Waals surface area contributed by atoms with Crippen LogP contribution in [0, 0.1) is 11.3 Å². The summed E-state index contributed by atoms with van der Waals surface area (Å²) in [4.78, 5) is 0. The minimum absolute atomic E-state index is 0.116. The van der Waals surface area contributed by atoms with Crippen molar-refractivity contribution in [1.29, 1.82) is 5.26 Å². The van der Waals surface area contributed by atoms with Crippen molar-refractivity contribution in [2.45, 2.75) is 12.4 Å². The fraction of sp³-hybridized carbons (Fsp3) is 0.364. The second-order valence-corrected chi connectivity index (χ2v) is 3.96. The van der Waals surface area contributed by atoms with E-state index < -0.39 is 0 Å². The molecule has 78 valence electrons. The molecule has 0 amide bonds. The van der Waals surface area contributed by atoms with Gasteiger partial charge in [0.05, 0.1) is 24.3 Å². The van der Waals surface area contributed by atoms with Crippen LogP contribution < -0.4 is 0 Å². The monoisotopic (exact) mass is 267 g/mol. The average Bonchev–Trinajstić information content (AvgIpc) is 2.78. The first-order valence-corrected chi connectivity index (χ1v) is 5.78. The van der Waals surface area contributed by atoms with Crippen LogP contribution in [-0.4, -0.2) is 18.0 Å². The molecule has 0 aliphatic carbocycles. The van der Waals surface area contributed by atoms with Gasteiger partial charge in [0.15, 0.2) is 6.29 Å². The van der Waals surface area contributed by atoms with Crippen LogP contribution in [0.5, 0.6) is 0 Å². The Labute approximate surface area is 96.7 Å². The van der Waals surface area contributed by atoms with Gasteiger partial charge in [-0.25, -0.2) is 0 Å². The van der Waals surface area contributed by atoms with Gasteiger partial charge < -0.3 is 9.47 Å². The molecule has 0 N–H and O–H groups in total. The van der Waals surface area contributed by atoms with E-state index in [0.717, 1.165) is 10.9 Å². The average molecular weight is 268 g/mol. The lowest BCUT2D eigenvalue weighted by Crippen LogP contribution is -2.10. The van der Waals surface area contributed by atoms with Gasteiger partial charge in [-0.05, 0) is 12.1 Å². The fourth-order valence-corrected chi connectivity index (χ4v) is 1.76. The zero-order valence-corrected chi connectivity index (χ0v) is 9.61. The first-order chi connectivity index (χ1) is 7.33. The smallest absolute Gasteiger partial charge is 0.184 e. The highest BCUT2D eigenvalue weighted by Gasteiger charge is 2.26. The van der Waals surface area contributed by atoms with Gasteiger partial charge >= 0.3 is 0 Å². The van der Waals surface area contributed by atoms with Crippen molar-refractivity contribution in [3.63, 3.8) is 0 Å². The molecule has 0 bridgehead atoms. The van der Waals surface area contributed by atoms with E-state index in [1.807, 2.05) is 12.1 Å². The first-order valence-electron chi connectivity index (χ1n) is 4.66. The molecule has 2 atom stereocenters. The summed E-state index contributed by atoms with van der Waals surface area (Å²) in [5, 5.41) is 9.43. The van der Waals surface area contributed by atoms with Crippen LogP contribution in [-0.2, 0) is 9.47 Å². The molecular weight excluding hydrogens is 258 g/mol. The standard InChI is InChI=1S/C11H10BrNO2/c12-5-10-7-14-11(15-10)9-3-1-8(6-13)2-4-9/h1-4,10-11H,5,7H2. The second-order valence-electron chi connectivity index (χ2n) is 3.31. The molecule has 2 unspecified atom stereocenters. The van der Waals surface area contributed by atoms with E-state index in [4.69, 9.17) is 14.7 Å². The molecule has 1 heterocycles. The van der Waals surface area contributed by atoms with Gasteiger partial charge in [-0.2, -0.15) is 5.26 Å². The van der Waals surface area contributed by atoms with Gasteiger partial charge in [0.25, 0.3) is 0 Å².